The first-order valence-electron chi connectivity index (χ1n) is 20.3. The molecule has 6 heterocycles. The number of halogens is 2. The van der Waals surface area contributed by atoms with Crippen LogP contribution in [-0.2, 0) is 17.7 Å². The molecule has 3 amide bonds. The smallest absolute Gasteiger partial charge is 0.407 e. The molecule has 1 aromatic carbocycles. The van der Waals surface area contributed by atoms with Gasteiger partial charge in [0.05, 0.1) is 40.2 Å². The molecule has 0 spiro atoms. The summed E-state index contributed by atoms with van der Waals surface area (Å²) >= 11 is 6.24. The summed E-state index contributed by atoms with van der Waals surface area (Å²) in [6.07, 6.45) is 6.95. The monoisotopic (exact) mass is 794 g/mol. The second-order valence-electron chi connectivity index (χ2n) is 17.3. The molecule has 2 aliphatic carbocycles. The number of benzene rings is 1. The zero-order valence-electron chi connectivity index (χ0n) is 32.8. The van der Waals surface area contributed by atoms with E-state index in [4.69, 9.17) is 26.3 Å². The minimum Gasteiger partial charge on any atom is -0.444 e. The lowest BCUT2D eigenvalue weighted by molar-refractivity contribution is 0.0390. The number of ether oxygens (including phenoxy) is 1. The molecule has 2 saturated carbocycles. The summed E-state index contributed by atoms with van der Waals surface area (Å²) in [4.78, 5) is 57.0. The number of nitrogens with one attached hydrogen (secondary N) is 2. The first kappa shape index (κ1) is 37.5. The number of imidazole rings is 1. The summed E-state index contributed by atoms with van der Waals surface area (Å²) in [6.45, 7) is 8.37. The Balaban J connectivity index is 1.06. The number of pyridine rings is 2. The Morgan fingerprint density at radius 2 is 1.79 bits per heavy atom. The lowest BCUT2D eigenvalue weighted by atomic mass is 9.93. The summed E-state index contributed by atoms with van der Waals surface area (Å²) in [5, 5.41) is 7.40. The highest BCUT2D eigenvalue weighted by Crippen LogP contribution is 2.44. The Morgan fingerprint density at radius 3 is 2.58 bits per heavy atom. The number of fused-ring (bicyclic) bond motifs is 5. The topological polar surface area (TPSA) is 136 Å². The van der Waals surface area contributed by atoms with E-state index in [1.807, 2.05) is 44.4 Å². The van der Waals surface area contributed by atoms with E-state index < -0.39 is 17.5 Å². The normalized spacial score (nSPS) is 22.7. The highest BCUT2D eigenvalue weighted by atomic mass is 35.5. The lowest BCUT2D eigenvalue weighted by Gasteiger charge is -2.39. The predicted octanol–water partition coefficient (Wildman–Crippen LogP) is 8.31. The van der Waals surface area contributed by atoms with E-state index in [1.54, 1.807) is 23.1 Å². The molecule has 4 bridgehead atoms. The Morgan fingerprint density at radius 1 is 0.982 bits per heavy atom. The molecule has 57 heavy (non-hydrogen) atoms. The quantitative estimate of drug-likeness (QED) is 0.175. The van der Waals surface area contributed by atoms with Crippen molar-refractivity contribution in [2.45, 2.75) is 122 Å². The predicted molar refractivity (Wildman–Crippen MR) is 215 cm³/mol. The van der Waals surface area contributed by atoms with Crippen LogP contribution in [0.2, 0.25) is 5.15 Å². The van der Waals surface area contributed by atoms with Crippen LogP contribution in [0.5, 0.6) is 0 Å². The number of aryl methyl sites for hydroxylation is 2. The van der Waals surface area contributed by atoms with Crippen molar-refractivity contribution >= 4 is 51.6 Å². The van der Waals surface area contributed by atoms with Gasteiger partial charge in [0.2, 0.25) is 0 Å². The van der Waals surface area contributed by atoms with Gasteiger partial charge in [0.25, 0.3) is 11.8 Å². The zero-order chi connectivity index (χ0) is 39.7. The van der Waals surface area contributed by atoms with Gasteiger partial charge in [0.15, 0.2) is 5.82 Å². The third-order valence-corrected chi connectivity index (χ3v) is 12.2. The standard InChI is InChI=1S/C43H48ClFN8O4/c1-23-31-15-10-25-21-35(51(38(25)48-31)17-7-5-6-8-32-29(40(54)46-23)14-16-36(44)47-32)39-49-33-20-26(19-30(45)37(33)53(39)27-12-13-27)41(55)52-22-34(24-9-11-28(52)18-24)50-42(56)57-43(2,3)4/h10,14-16,19-21,23-24,27-28,34H,5-9,11-13,17-18,22H2,1-4H3,(H,46,54)(H,50,56)/t23-,24+,28-,34+/m1/s1. The van der Waals surface area contributed by atoms with Crippen molar-refractivity contribution < 1.29 is 23.5 Å². The molecule has 0 unspecified atom stereocenters. The molecule has 12 nitrogen and oxygen atoms in total. The Hall–Kier alpha value is -5.04. The van der Waals surface area contributed by atoms with Gasteiger partial charge in [-0.2, -0.15) is 0 Å². The largest absolute Gasteiger partial charge is 0.444 e. The van der Waals surface area contributed by atoms with Gasteiger partial charge in [-0.25, -0.2) is 24.1 Å². The first-order chi connectivity index (χ1) is 27.3. The van der Waals surface area contributed by atoms with Gasteiger partial charge < -0.3 is 29.4 Å². The van der Waals surface area contributed by atoms with Crippen molar-refractivity contribution in [3.8, 4) is 11.5 Å². The number of aromatic nitrogens is 5. The maximum absolute atomic E-state index is 16.5. The van der Waals surface area contributed by atoms with Gasteiger partial charge >= 0.3 is 6.09 Å². The van der Waals surface area contributed by atoms with Gasteiger partial charge in [-0.05, 0) is 127 Å². The summed E-state index contributed by atoms with van der Waals surface area (Å²) in [5.41, 5.74) is 3.94. The van der Waals surface area contributed by atoms with Gasteiger partial charge in [-0.3, -0.25) is 9.59 Å². The van der Waals surface area contributed by atoms with Crippen LogP contribution in [-0.4, -0.2) is 71.1 Å². The number of nitrogens with zero attached hydrogens (tertiary/aromatic N) is 6. The van der Waals surface area contributed by atoms with Crippen molar-refractivity contribution in [2.75, 3.05) is 6.54 Å². The first-order valence-corrected chi connectivity index (χ1v) is 20.7. The van der Waals surface area contributed by atoms with E-state index in [1.165, 1.54) is 6.07 Å². The van der Waals surface area contributed by atoms with E-state index in [-0.39, 0.29) is 47.5 Å². The Labute approximate surface area is 335 Å². The summed E-state index contributed by atoms with van der Waals surface area (Å²) in [6, 6.07) is 11.9. The fourth-order valence-electron chi connectivity index (χ4n) is 9.12. The van der Waals surface area contributed by atoms with E-state index in [0.717, 1.165) is 68.1 Å². The van der Waals surface area contributed by atoms with Crippen LogP contribution in [0.4, 0.5) is 9.18 Å². The maximum atomic E-state index is 16.5. The SMILES string of the molecule is C[C@H]1NC(=O)c2ccc(Cl)nc2CCCCCn2c(-c3nc4cc(C(=O)N5C[C@H](NC(=O)OC(C)(C)C)[C@H]6CC[C@@H]5C6)cc(F)c4n3C3CC3)cc3ccc1nc32. The molecular weight excluding hydrogens is 747 g/mol. The third-order valence-electron chi connectivity index (χ3n) is 12.0. The van der Waals surface area contributed by atoms with Gasteiger partial charge in [-0.15, -0.1) is 0 Å². The molecule has 1 saturated heterocycles. The minimum atomic E-state index is -0.638. The van der Waals surface area contributed by atoms with Gasteiger partial charge in [0.1, 0.15) is 27.7 Å². The fourth-order valence-corrected chi connectivity index (χ4v) is 9.28. The van der Waals surface area contributed by atoms with E-state index in [9.17, 15) is 14.4 Å². The number of hydrogen-bond acceptors (Lipinski definition) is 7. The zero-order valence-corrected chi connectivity index (χ0v) is 33.5. The molecule has 4 aromatic heterocycles. The van der Waals surface area contributed by atoms with Crippen LogP contribution in [0.25, 0.3) is 33.6 Å². The van der Waals surface area contributed by atoms with Crippen LogP contribution in [0.15, 0.2) is 42.5 Å². The number of alkyl carbamates (subject to hydrolysis) is 1. The average Bonchev–Trinajstić information content (AvgIpc) is 3.63. The minimum absolute atomic E-state index is 0.0273. The Bertz CT molecular complexity index is 2430. The molecule has 298 valence electrons. The van der Waals surface area contributed by atoms with Gasteiger partial charge in [-0.1, -0.05) is 18.0 Å². The van der Waals surface area contributed by atoms with Crippen molar-refractivity contribution in [1.82, 2.24) is 39.6 Å². The number of amides is 3. The highest BCUT2D eigenvalue weighted by Gasteiger charge is 2.44. The number of rotatable bonds is 4. The molecule has 3 fully saturated rings. The molecule has 0 radical (unpaired) electrons. The fraction of sp³-hybridized carbons (Fsp3) is 0.488. The number of hydrogen-bond donors (Lipinski definition) is 2. The molecule has 9 rings (SSSR count). The number of piperidine rings is 1. The molecule has 2 aliphatic heterocycles. The summed E-state index contributed by atoms with van der Waals surface area (Å²) < 4.78 is 26.3. The van der Waals surface area contributed by atoms with Gasteiger partial charge in [0, 0.05) is 36.1 Å². The second kappa shape index (κ2) is 14.4. The van der Waals surface area contributed by atoms with E-state index >= 15 is 4.39 Å². The molecule has 14 heteroatoms. The number of carbonyl (C=O) groups excluding carboxylic acids is 3. The number of carbonyl (C=O) groups is 3. The third kappa shape index (κ3) is 7.23. The molecule has 4 atom stereocenters. The van der Waals surface area contributed by atoms with Crippen molar-refractivity contribution in [2.24, 2.45) is 5.92 Å². The van der Waals surface area contributed by atoms with E-state index in [0.29, 0.717) is 58.5 Å². The van der Waals surface area contributed by atoms with E-state index in [2.05, 4.69) is 26.3 Å². The average molecular weight is 795 g/mol. The highest BCUT2D eigenvalue weighted by molar-refractivity contribution is 6.29. The van der Waals surface area contributed by atoms with Crippen LogP contribution in [0.1, 0.15) is 123 Å². The number of likely N-dealkylation sites (tertiary alicyclic amines) is 1. The Kier molecular flexibility index (Phi) is 9.49. The van der Waals surface area contributed by atoms with Crippen molar-refractivity contribution in [3.63, 3.8) is 0 Å². The lowest BCUT2D eigenvalue weighted by Crippen LogP contribution is -2.55. The van der Waals surface area contributed by atoms with Crippen molar-refractivity contribution in [3.05, 3.63) is 75.9 Å². The second-order valence-corrected chi connectivity index (χ2v) is 17.7. The van der Waals surface area contributed by atoms with Crippen molar-refractivity contribution in [1.29, 1.82) is 0 Å². The van der Waals surface area contributed by atoms with Crippen LogP contribution < -0.4 is 10.6 Å². The molecule has 5 aromatic rings. The summed E-state index contributed by atoms with van der Waals surface area (Å²) in [7, 11) is 0. The van der Waals surface area contributed by atoms with Crippen LogP contribution in [0.3, 0.4) is 0 Å². The molecular formula is C43H48ClFN8O4. The van der Waals surface area contributed by atoms with Crippen LogP contribution in [0, 0.1) is 11.7 Å². The summed E-state index contributed by atoms with van der Waals surface area (Å²) in [5.74, 6) is -0.0717. The molecule has 2 N–H and O–H groups in total. The van der Waals surface area contributed by atoms with Crippen LogP contribution >= 0.6 is 11.6 Å². The maximum Gasteiger partial charge on any atom is 0.407 e. The molecule has 4 aliphatic rings.